The Labute approximate surface area is 163 Å². The molecule has 136 valence electrons. The van der Waals surface area contributed by atoms with Crippen LogP contribution in [0.1, 0.15) is 26.5 Å². The van der Waals surface area contributed by atoms with Gasteiger partial charge in [-0.25, -0.2) is 19.3 Å². The summed E-state index contributed by atoms with van der Waals surface area (Å²) in [6.07, 6.45) is 4.18. The number of nitrogens with zero attached hydrogens (tertiary/aromatic N) is 6. The Bertz CT molecular complexity index is 941. The minimum atomic E-state index is -0.670. The molecule has 0 aliphatic heterocycles. The van der Waals surface area contributed by atoms with Crippen molar-refractivity contribution in [2.75, 3.05) is 4.90 Å². The Morgan fingerprint density at radius 3 is 2.85 bits per heavy atom. The van der Waals surface area contributed by atoms with Crippen molar-refractivity contribution in [3.8, 4) is 0 Å². The van der Waals surface area contributed by atoms with Crippen LogP contribution in [0.15, 0.2) is 35.3 Å². The quantitative estimate of drug-likeness (QED) is 0.616. The maximum absolute atomic E-state index is 12.9. The number of fused-ring (bicyclic) bond motifs is 1. The molecule has 0 unspecified atom stereocenters. The zero-order chi connectivity index (χ0) is 18.9. The summed E-state index contributed by atoms with van der Waals surface area (Å²) >= 11 is 9.45. The summed E-state index contributed by atoms with van der Waals surface area (Å²) in [6.45, 7) is 5.53. The van der Waals surface area contributed by atoms with Crippen molar-refractivity contribution in [3.63, 3.8) is 0 Å². The molecule has 0 spiro atoms. The van der Waals surface area contributed by atoms with E-state index >= 15 is 0 Å². The van der Waals surface area contributed by atoms with E-state index in [0.29, 0.717) is 17.0 Å². The number of rotatable bonds is 3. The molecule has 8 nitrogen and oxygen atoms in total. The molecule has 3 aromatic heterocycles. The molecule has 10 heteroatoms. The highest BCUT2D eigenvalue weighted by molar-refractivity contribution is 9.10. The van der Waals surface area contributed by atoms with Gasteiger partial charge in [-0.3, -0.25) is 4.90 Å². The second-order valence-corrected chi connectivity index (χ2v) is 7.71. The predicted molar refractivity (Wildman–Crippen MR) is 100 cm³/mol. The molecule has 3 aromatic rings. The van der Waals surface area contributed by atoms with Gasteiger partial charge in [-0.2, -0.15) is 4.98 Å². The van der Waals surface area contributed by atoms with Gasteiger partial charge in [0, 0.05) is 16.9 Å². The van der Waals surface area contributed by atoms with Gasteiger partial charge < -0.3 is 4.74 Å². The van der Waals surface area contributed by atoms with Crippen LogP contribution in [0.2, 0.25) is 5.28 Å². The van der Waals surface area contributed by atoms with E-state index in [-0.39, 0.29) is 11.8 Å². The van der Waals surface area contributed by atoms with E-state index in [0.717, 1.165) is 4.47 Å². The van der Waals surface area contributed by atoms with Gasteiger partial charge in [0.1, 0.15) is 17.4 Å². The van der Waals surface area contributed by atoms with Crippen molar-refractivity contribution in [2.45, 2.75) is 32.9 Å². The van der Waals surface area contributed by atoms with Crippen molar-refractivity contribution in [2.24, 2.45) is 0 Å². The molecule has 0 saturated heterocycles. The van der Waals surface area contributed by atoms with Crippen molar-refractivity contribution in [3.05, 3.63) is 46.3 Å². The van der Waals surface area contributed by atoms with Crippen molar-refractivity contribution >= 4 is 45.0 Å². The lowest BCUT2D eigenvalue weighted by atomic mass is 10.2. The normalized spacial score (nSPS) is 11.6. The fourth-order valence-corrected chi connectivity index (χ4v) is 2.81. The summed E-state index contributed by atoms with van der Waals surface area (Å²) in [5.74, 6) is 0.323. The number of anilines is 1. The van der Waals surface area contributed by atoms with Crippen LogP contribution in [0.4, 0.5) is 10.6 Å². The fourth-order valence-electron chi connectivity index (χ4n) is 2.24. The Balaban J connectivity index is 2.09. The third kappa shape index (κ3) is 4.28. The van der Waals surface area contributed by atoms with Crippen LogP contribution in [-0.2, 0) is 11.3 Å². The van der Waals surface area contributed by atoms with Gasteiger partial charge in [0.25, 0.3) is 0 Å². The van der Waals surface area contributed by atoms with Gasteiger partial charge in [-0.1, -0.05) is 0 Å². The summed E-state index contributed by atoms with van der Waals surface area (Å²) < 4.78 is 7.87. The largest absolute Gasteiger partial charge is 0.443 e. The topological polar surface area (TPSA) is 85.5 Å². The molecule has 0 aliphatic rings. The first-order valence-corrected chi connectivity index (χ1v) is 8.87. The molecule has 0 saturated carbocycles. The van der Waals surface area contributed by atoms with E-state index in [9.17, 15) is 4.79 Å². The molecular weight excluding hydrogens is 424 g/mol. The molecular formula is C16H16BrClN6O2. The molecule has 0 radical (unpaired) electrons. The molecule has 0 aliphatic carbocycles. The number of carbonyl (C=O) groups is 1. The van der Waals surface area contributed by atoms with Crippen molar-refractivity contribution < 1.29 is 9.53 Å². The zero-order valence-electron chi connectivity index (χ0n) is 14.3. The van der Waals surface area contributed by atoms with Crippen LogP contribution in [0.5, 0.6) is 0 Å². The van der Waals surface area contributed by atoms with Gasteiger partial charge in [0.15, 0.2) is 5.82 Å². The number of halogens is 2. The minimum absolute atomic E-state index is 0.00634. The molecule has 0 atom stereocenters. The van der Waals surface area contributed by atoms with Gasteiger partial charge in [0.05, 0.1) is 12.2 Å². The lowest BCUT2D eigenvalue weighted by Crippen LogP contribution is -2.37. The average Bonchev–Trinajstić information content (AvgIpc) is 2.91. The SMILES string of the molecule is CC(C)(C)OC(=O)N(Cc1ccncn1)c1nc(Cl)nn2cc(Br)cc12. The van der Waals surface area contributed by atoms with Crippen LogP contribution in [0, 0.1) is 0 Å². The Morgan fingerprint density at radius 2 is 2.19 bits per heavy atom. The maximum Gasteiger partial charge on any atom is 0.416 e. The van der Waals surface area contributed by atoms with E-state index in [2.05, 4.69) is 36.0 Å². The Kier molecular flexibility index (Phi) is 5.10. The summed E-state index contributed by atoms with van der Waals surface area (Å²) in [5.41, 5.74) is 0.557. The van der Waals surface area contributed by atoms with E-state index < -0.39 is 11.7 Å². The van der Waals surface area contributed by atoms with Crippen LogP contribution >= 0.6 is 27.5 Å². The summed E-state index contributed by atoms with van der Waals surface area (Å²) in [7, 11) is 0. The highest BCUT2D eigenvalue weighted by atomic mass is 79.9. The van der Waals surface area contributed by atoms with Crippen LogP contribution in [0.25, 0.3) is 5.52 Å². The first-order valence-electron chi connectivity index (χ1n) is 7.70. The minimum Gasteiger partial charge on any atom is -0.443 e. The standard InChI is InChI=1S/C16H16BrClN6O2/c1-16(2,3)26-15(25)23(8-11-4-5-19-9-20-11)13-12-6-10(17)7-24(12)22-14(18)21-13/h4-7,9H,8H2,1-3H3. The van der Waals surface area contributed by atoms with Gasteiger partial charge in [0.2, 0.25) is 5.28 Å². The first-order chi connectivity index (χ1) is 12.2. The number of hydrogen-bond acceptors (Lipinski definition) is 6. The molecule has 0 fully saturated rings. The predicted octanol–water partition coefficient (Wildman–Crippen LogP) is 3.88. The lowest BCUT2D eigenvalue weighted by molar-refractivity contribution is 0.0576. The van der Waals surface area contributed by atoms with Crippen LogP contribution in [0.3, 0.4) is 0 Å². The first kappa shape index (κ1) is 18.5. The highest BCUT2D eigenvalue weighted by Gasteiger charge is 2.27. The van der Waals surface area contributed by atoms with Crippen molar-refractivity contribution in [1.29, 1.82) is 0 Å². The summed E-state index contributed by atoms with van der Waals surface area (Å²) in [4.78, 5) is 26.6. The molecule has 3 heterocycles. The van der Waals surface area contributed by atoms with E-state index in [1.807, 2.05) is 0 Å². The van der Waals surface area contributed by atoms with Crippen LogP contribution in [-0.4, -0.2) is 36.3 Å². The number of hydrogen-bond donors (Lipinski definition) is 0. The van der Waals surface area contributed by atoms with Crippen molar-refractivity contribution in [1.82, 2.24) is 24.6 Å². The summed E-state index contributed by atoms with van der Waals surface area (Å²) in [5, 5.41) is 4.12. The molecule has 0 aromatic carbocycles. The van der Waals surface area contributed by atoms with E-state index in [1.54, 1.807) is 49.8 Å². The monoisotopic (exact) mass is 438 g/mol. The van der Waals surface area contributed by atoms with Gasteiger partial charge in [-0.05, 0) is 60.4 Å². The maximum atomic E-state index is 12.9. The zero-order valence-corrected chi connectivity index (χ0v) is 16.7. The lowest BCUT2D eigenvalue weighted by Gasteiger charge is -2.27. The third-order valence-corrected chi connectivity index (χ3v) is 3.81. The molecule has 1 amide bonds. The van der Waals surface area contributed by atoms with Gasteiger partial charge >= 0.3 is 6.09 Å². The fraction of sp³-hybridized carbons (Fsp3) is 0.312. The summed E-state index contributed by atoms with van der Waals surface area (Å²) in [6, 6.07) is 3.51. The van der Waals surface area contributed by atoms with E-state index in [1.165, 1.54) is 11.2 Å². The average molecular weight is 440 g/mol. The molecule has 26 heavy (non-hydrogen) atoms. The van der Waals surface area contributed by atoms with Gasteiger partial charge in [-0.15, -0.1) is 5.10 Å². The number of ether oxygens (including phenoxy) is 1. The number of carbonyl (C=O) groups excluding carboxylic acids is 1. The Morgan fingerprint density at radius 1 is 1.42 bits per heavy atom. The second-order valence-electron chi connectivity index (χ2n) is 6.46. The second kappa shape index (κ2) is 7.16. The molecule has 3 rings (SSSR count). The Hall–Kier alpha value is -2.26. The number of aromatic nitrogens is 5. The molecule has 0 N–H and O–H groups in total. The molecule has 0 bridgehead atoms. The number of amides is 1. The van der Waals surface area contributed by atoms with Crippen LogP contribution < -0.4 is 4.90 Å². The van der Waals surface area contributed by atoms with E-state index in [4.69, 9.17) is 16.3 Å². The smallest absolute Gasteiger partial charge is 0.416 e. The third-order valence-electron chi connectivity index (χ3n) is 3.22. The highest BCUT2D eigenvalue weighted by Crippen LogP contribution is 2.27.